The first-order valence-electron chi connectivity index (χ1n) is 15.5. The Bertz CT molecular complexity index is 1420. The molecular weight excluding hydrogens is 637 g/mol. The molecule has 2 amide bonds. The van der Waals surface area contributed by atoms with E-state index in [1.807, 2.05) is 46.8 Å². The number of carbonyl (C=O) groups is 3. The fourth-order valence-corrected chi connectivity index (χ4v) is 6.28. The maximum absolute atomic E-state index is 14.0. The lowest BCUT2D eigenvalue weighted by Crippen LogP contribution is -2.46. The van der Waals surface area contributed by atoms with Crippen molar-refractivity contribution in [1.29, 1.82) is 0 Å². The SMILES string of the molecule is CC(C)[C@@H](Nc1ccc(CNC(=O)[C@@H]2SCCN2C(=O)C[C@H](N)Cc2cc(F)c(F)cc2F)cc1)C(=O)OCOC1OC1C(C)(C)C. The van der Waals surface area contributed by atoms with Crippen LogP contribution >= 0.6 is 11.8 Å². The minimum absolute atomic E-state index is 0.0341. The Morgan fingerprint density at radius 2 is 1.77 bits per heavy atom. The first-order valence-corrected chi connectivity index (χ1v) is 16.6. The summed E-state index contributed by atoms with van der Waals surface area (Å²) in [5, 5.41) is 5.29. The average molecular weight is 681 g/mol. The number of halogens is 3. The van der Waals surface area contributed by atoms with Gasteiger partial charge in [0.1, 0.15) is 18.0 Å². The standard InChI is InChI=1S/C33H43F3N4O6S/c1-18(2)27(31(43)44-17-45-32-28(46-32)33(3,4)5)39-22-8-6-19(7-9-22)16-38-29(42)30-40(10-11-47-30)26(41)14-21(37)12-20-13-24(35)25(36)15-23(20)34/h6-9,13,15,18,21,27-28,30,32,39H,10-12,14,16-17,37H2,1-5H3,(H,38,42)/t21-,27-,28?,30+,32?/m1/s1. The number of nitrogens with one attached hydrogen (secondary N) is 2. The summed E-state index contributed by atoms with van der Waals surface area (Å²) in [5.74, 6) is -4.14. The van der Waals surface area contributed by atoms with Crippen molar-refractivity contribution in [2.75, 3.05) is 24.4 Å². The Labute approximate surface area is 277 Å². The lowest BCUT2D eigenvalue weighted by Gasteiger charge is -2.24. The van der Waals surface area contributed by atoms with Gasteiger partial charge < -0.3 is 35.5 Å². The number of benzene rings is 2. The van der Waals surface area contributed by atoms with Gasteiger partial charge in [-0.2, -0.15) is 0 Å². The Kier molecular flexibility index (Phi) is 12.2. The molecule has 2 heterocycles. The van der Waals surface area contributed by atoms with Crippen molar-refractivity contribution >= 4 is 35.2 Å². The van der Waals surface area contributed by atoms with E-state index in [-0.39, 0.29) is 67.3 Å². The summed E-state index contributed by atoms with van der Waals surface area (Å²) < 4.78 is 57.2. The monoisotopic (exact) mass is 680 g/mol. The molecule has 10 nitrogen and oxygen atoms in total. The molecule has 2 aliphatic rings. The van der Waals surface area contributed by atoms with Gasteiger partial charge >= 0.3 is 5.97 Å². The summed E-state index contributed by atoms with van der Waals surface area (Å²) in [5.41, 5.74) is 7.34. The maximum Gasteiger partial charge on any atom is 0.330 e. The highest BCUT2D eigenvalue weighted by Gasteiger charge is 2.48. The number of amides is 2. The molecular formula is C33H43F3N4O6S. The summed E-state index contributed by atoms with van der Waals surface area (Å²) in [4.78, 5) is 40.2. The van der Waals surface area contributed by atoms with Crippen molar-refractivity contribution < 1.29 is 41.8 Å². The van der Waals surface area contributed by atoms with E-state index in [1.54, 1.807) is 12.1 Å². The molecule has 0 saturated carbocycles. The van der Waals surface area contributed by atoms with Crippen LogP contribution in [0.3, 0.4) is 0 Å². The van der Waals surface area contributed by atoms with Gasteiger partial charge in [-0.3, -0.25) is 9.59 Å². The fourth-order valence-electron chi connectivity index (χ4n) is 5.12. The van der Waals surface area contributed by atoms with E-state index in [9.17, 15) is 27.6 Å². The zero-order valence-electron chi connectivity index (χ0n) is 27.2. The summed E-state index contributed by atoms with van der Waals surface area (Å²) in [7, 11) is 0. The van der Waals surface area contributed by atoms with Crippen LogP contribution < -0.4 is 16.4 Å². The first-order chi connectivity index (χ1) is 22.1. The number of esters is 1. The first kappa shape index (κ1) is 36.5. The van der Waals surface area contributed by atoms with Crippen molar-refractivity contribution in [3.63, 3.8) is 0 Å². The smallest absolute Gasteiger partial charge is 0.330 e. The highest BCUT2D eigenvalue weighted by molar-refractivity contribution is 8.00. The Morgan fingerprint density at radius 1 is 1.09 bits per heavy atom. The second-order valence-electron chi connectivity index (χ2n) is 13.2. The zero-order chi connectivity index (χ0) is 34.5. The molecule has 0 radical (unpaired) electrons. The molecule has 2 aromatic carbocycles. The third-order valence-electron chi connectivity index (χ3n) is 7.85. The Hall–Kier alpha value is -3.33. The summed E-state index contributed by atoms with van der Waals surface area (Å²) >= 11 is 1.32. The van der Waals surface area contributed by atoms with E-state index in [0.29, 0.717) is 24.1 Å². The van der Waals surface area contributed by atoms with Crippen LogP contribution in [-0.2, 0) is 41.6 Å². The number of anilines is 1. The van der Waals surface area contributed by atoms with E-state index in [2.05, 4.69) is 10.6 Å². The molecule has 2 aromatic rings. The van der Waals surface area contributed by atoms with Gasteiger partial charge in [0.15, 0.2) is 30.1 Å². The zero-order valence-corrected chi connectivity index (χ0v) is 28.0. The summed E-state index contributed by atoms with van der Waals surface area (Å²) in [6, 6.07) is 6.93. The van der Waals surface area contributed by atoms with E-state index in [0.717, 1.165) is 11.6 Å². The van der Waals surface area contributed by atoms with Crippen LogP contribution in [0.15, 0.2) is 36.4 Å². The topological polar surface area (TPSA) is 136 Å². The number of hydrogen-bond acceptors (Lipinski definition) is 9. The molecule has 4 rings (SSSR count). The molecule has 2 aliphatic heterocycles. The molecule has 14 heteroatoms. The molecule has 2 saturated heterocycles. The lowest BCUT2D eigenvalue weighted by atomic mass is 9.92. The van der Waals surface area contributed by atoms with E-state index in [1.165, 1.54) is 16.7 Å². The quantitative estimate of drug-likeness (QED) is 0.116. The molecule has 258 valence electrons. The Balaban J connectivity index is 1.22. The van der Waals surface area contributed by atoms with Crippen molar-refractivity contribution in [3.05, 3.63) is 65.0 Å². The normalized spacial score (nSPS) is 20.6. The van der Waals surface area contributed by atoms with Crippen LogP contribution in [0.2, 0.25) is 0 Å². The predicted molar refractivity (Wildman–Crippen MR) is 171 cm³/mol. The highest BCUT2D eigenvalue weighted by Crippen LogP contribution is 2.38. The fraction of sp³-hybridized carbons (Fsp3) is 0.545. The van der Waals surface area contributed by atoms with Crippen LogP contribution in [0.5, 0.6) is 0 Å². The number of rotatable bonds is 14. The number of nitrogens with zero attached hydrogens (tertiary/aromatic N) is 1. The maximum atomic E-state index is 14.0. The minimum atomic E-state index is -1.30. The average Bonchev–Trinajstić information content (AvgIpc) is 3.62. The van der Waals surface area contributed by atoms with Crippen molar-refractivity contribution in [3.8, 4) is 0 Å². The van der Waals surface area contributed by atoms with Gasteiger partial charge in [0.25, 0.3) is 5.91 Å². The third-order valence-corrected chi connectivity index (χ3v) is 9.05. The number of ether oxygens (including phenoxy) is 3. The number of nitrogens with two attached hydrogens (primary N) is 1. The lowest BCUT2D eigenvalue weighted by molar-refractivity contribution is -0.162. The number of thioether (sulfide) groups is 1. The van der Waals surface area contributed by atoms with Crippen LogP contribution in [0.4, 0.5) is 18.9 Å². The molecule has 0 bridgehead atoms. The van der Waals surface area contributed by atoms with Crippen molar-refractivity contribution in [2.45, 2.75) is 83.9 Å². The molecule has 0 spiro atoms. The Morgan fingerprint density at radius 3 is 2.40 bits per heavy atom. The highest BCUT2D eigenvalue weighted by atomic mass is 32.2. The third kappa shape index (κ3) is 10.1. The number of carbonyl (C=O) groups excluding carboxylic acids is 3. The van der Waals surface area contributed by atoms with Crippen molar-refractivity contribution in [1.82, 2.24) is 10.2 Å². The molecule has 2 unspecified atom stereocenters. The van der Waals surface area contributed by atoms with Gasteiger partial charge in [0, 0.05) is 43.1 Å². The molecule has 5 atom stereocenters. The molecule has 4 N–H and O–H groups in total. The molecule has 2 fully saturated rings. The van der Waals surface area contributed by atoms with Crippen LogP contribution in [0.1, 0.15) is 52.2 Å². The number of hydrogen-bond donors (Lipinski definition) is 3. The van der Waals surface area contributed by atoms with Crippen molar-refractivity contribution in [2.24, 2.45) is 17.1 Å². The molecule has 0 aliphatic carbocycles. The van der Waals surface area contributed by atoms with Gasteiger partial charge in [0.05, 0.1) is 0 Å². The molecule has 47 heavy (non-hydrogen) atoms. The van der Waals surface area contributed by atoms with Gasteiger partial charge in [-0.05, 0) is 47.1 Å². The largest absolute Gasteiger partial charge is 0.437 e. The van der Waals surface area contributed by atoms with Gasteiger partial charge in [-0.15, -0.1) is 11.8 Å². The van der Waals surface area contributed by atoms with Crippen LogP contribution in [0, 0.1) is 28.8 Å². The van der Waals surface area contributed by atoms with Crippen LogP contribution in [0.25, 0.3) is 0 Å². The minimum Gasteiger partial charge on any atom is -0.437 e. The second kappa shape index (κ2) is 15.7. The summed E-state index contributed by atoms with van der Waals surface area (Å²) in [6.07, 6.45) is -0.774. The predicted octanol–water partition coefficient (Wildman–Crippen LogP) is 4.31. The van der Waals surface area contributed by atoms with Gasteiger partial charge in [-0.25, -0.2) is 18.0 Å². The van der Waals surface area contributed by atoms with Crippen LogP contribution in [-0.4, -0.2) is 71.6 Å². The second-order valence-corrected chi connectivity index (χ2v) is 14.3. The molecule has 0 aromatic heterocycles. The number of epoxide rings is 1. The van der Waals surface area contributed by atoms with E-state index >= 15 is 0 Å². The van der Waals surface area contributed by atoms with Gasteiger partial charge in [-0.1, -0.05) is 46.8 Å². The van der Waals surface area contributed by atoms with Gasteiger partial charge in [0.2, 0.25) is 5.91 Å². The van der Waals surface area contributed by atoms with E-state index < -0.39 is 40.9 Å². The van der Waals surface area contributed by atoms with E-state index in [4.69, 9.17) is 19.9 Å². The summed E-state index contributed by atoms with van der Waals surface area (Å²) in [6.45, 7) is 10.3.